The fourth-order valence-electron chi connectivity index (χ4n) is 2.05. The third-order valence-corrected chi connectivity index (χ3v) is 3.22. The lowest BCUT2D eigenvalue weighted by atomic mass is 10.2. The lowest BCUT2D eigenvalue weighted by Gasteiger charge is -2.02. The van der Waals surface area contributed by atoms with Crippen LogP contribution in [0.25, 0.3) is 10.9 Å². The maximum absolute atomic E-state index is 11.3. The molecule has 2 heterocycles. The molecular weight excluding hydrogens is 280 g/mol. The lowest BCUT2D eigenvalue weighted by Crippen LogP contribution is -2.30. The van der Waals surface area contributed by atoms with Crippen LogP contribution in [0, 0.1) is 0 Å². The third-order valence-electron chi connectivity index (χ3n) is 2.98. The number of nitrogens with two attached hydrogens (primary N) is 1. The van der Waals surface area contributed by atoms with Gasteiger partial charge in [-0.15, -0.1) is 0 Å². The number of carbonyl (C=O) groups is 1. The zero-order valence-electron chi connectivity index (χ0n) is 10.3. The molecule has 0 saturated heterocycles. The molecular formula is C13H11ClN4O2. The average Bonchev–Trinajstić information content (AvgIpc) is 3.06. The van der Waals surface area contributed by atoms with Crippen LogP contribution in [-0.4, -0.2) is 15.6 Å². The fraction of sp³-hybridized carbons (Fsp3) is 0.0769. The van der Waals surface area contributed by atoms with Crippen LogP contribution in [0.4, 0.5) is 0 Å². The summed E-state index contributed by atoms with van der Waals surface area (Å²) in [7, 11) is 0. The molecule has 0 fully saturated rings. The number of amides is 1. The minimum absolute atomic E-state index is 0.155. The average molecular weight is 291 g/mol. The number of nitrogens with zero attached hydrogens (tertiary/aromatic N) is 2. The highest BCUT2D eigenvalue weighted by molar-refractivity contribution is 6.31. The van der Waals surface area contributed by atoms with Gasteiger partial charge in [-0.1, -0.05) is 16.8 Å². The molecule has 0 unspecified atom stereocenters. The van der Waals surface area contributed by atoms with Gasteiger partial charge in [-0.3, -0.25) is 10.2 Å². The van der Waals surface area contributed by atoms with Gasteiger partial charge in [-0.2, -0.15) is 0 Å². The number of benzene rings is 1. The van der Waals surface area contributed by atoms with Gasteiger partial charge < -0.3 is 9.09 Å². The van der Waals surface area contributed by atoms with E-state index in [4.69, 9.17) is 22.0 Å². The van der Waals surface area contributed by atoms with Crippen molar-refractivity contribution < 1.29 is 9.32 Å². The van der Waals surface area contributed by atoms with Gasteiger partial charge in [0.15, 0.2) is 11.5 Å². The van der Waals surface area contributed by atoms with Crippen molar-refractivity contribution in [2.45, 2.75) is 6.54 Å². The van der Waals surface area contributed by atoms with E-state index in [1.807, 2.05) is 40.5 Å². The zero-order valence-corrected chi connectivity index (χ0v) is 11.1. The number of hydrazine groups is 1. The van der Waals surface area contributed by atoms with Gasteiger partial charge in [0, 0.05) is 28.2 Å². The van der Waals surface area contributed by atoms with E-state index in [9.17, 15) is 4.79 Å². The van der Waals surface area contributed by atoms with E-state index in [1.54, 1.807) is 6.07 Å². The van der Waals surface area contributed by atoms with E-state index in [2.05, 4.69) is 5.16 Å². The van der Waals surface area contributed by atoms with Gasteiger partial charge >= 0.3 is 0 Å². The summed E-state index contributed by atoms with van der Waals surface area (Å²) in [5, 5.41) is 5.39. The van der Waals surface area contributed by atoms with Crippen molar-refractivity contribution in [3.63, 3.8) is 0 Å². The maximum atomic E-state index is 11.3. The van der Waals surface area contributed by atoms with Crippen LogP contribution in [0.15, 0.2) is 41.1 Å². The Kier molecular flexibility index (Phi) is 3.17. The Morgan fingerprint density at radius 3 is 3.05 bits per heavy atom. The molecule has 0 atom stereocenters. The molecule has 3 N–H and O–H groups in total. The Hall–Kier alpha value is -2.31. The van der Waals surface area contributed by atoms with Gasteiger partial charge in [0.25, 0.3) is 5.91 Å². The molecule has 0 aliphatic rings. The molecule has 3 rings (SSSR count). The molecule has 1 amide bonds. The number of aromatic nitrogens is 2. The van der Waals surface area contributed by atoms with Crippen LogP contribution >= 0.6 is 11.6 Å². The Balaban J connectivity index is 1.89. The highest BCUT2D eigenvalue weighted by Gasteiger charge is 2.12. The van der Waals surface area contributed by atoms with Gasteiger partial charge in [-0.25, -0.2) is 5.84 Å². The van der Waals surface area contributed by atoms with E-state index in [-0.39, 0.29) is 5.69 Å². The second-order valence-electron chi connectivity index (χ2n) is 4.30. The van der Waals surface area contributed by atoms with Crippen LogP contribution in [0.5, 0.6) is 0 Å². The summed E-state index contributed by atoms with van der Waals surface area (Å²) in [6.07, 6.45) is 1.92. The normalized spacial score (nSPS) is 10.9. The smallest absolute Gasteiger partial charge is 0.287 e. The van der Waals surface area contributed by atoms with Crippen LogP contribution < -0.4 is 11.3 Å². The molecule has 6 nitrogen and oxygen atoms in total. The predicted molar refractivity (Wildman–Crippen MR) is 74.2 cm³/mol. The molecule has 0 bridgehead atoms. The summed E-state index contributed by atoms with van der Waals surface area (Å²) in [6, 6.07) is 9.17. The Labute approximate surface area is 119 Å². The third kappa shape index (κ3) is 2.26. The molecule has 7 heteroatoms. The van der Waals surface area contributed by atoms with Crippen molar-refractivity contribution in [1.29, 1.82) is 0 Å². The van der Waals surface area contributed by atoms with Gasteiger partial charge in [0.2, 0.25) is 0 Å². The quantitative estimate of drug-likeness (QED) is 0.438. The van der Waals surface area contributed by atoms with Gasteiger partial charge in [-0.05, 0) is 24.3 Å². The minimum atomic E-state index is -0.482. The van der Waals surface area contributed by atoms with Crippen molar-refractivity contribution in [3.05, 3.63) is 53.0 Å². The standard InChI is InChI=1S/C13H11ClN4O2/c14-9-1-2-12-8(5-9)3-4-18(12)7-10-6-11(17-20-10)13(19)16-15/h1-6H,7,15H2,(H,16,19). The van der Waals surface area contributed by atoms with E-state index >= 15 is 0 Å². The highest BCUT2D eigenvalue weighted by atomic mass is 35.5. The van der Waals surface area contributed by atoms with Crippen LogP contribution in [0.1, 0.15) is 16.2 Å². The number of fused-ring (bicyclic) bond motifs is 1. The Morgan fingerprint density at radius 1 is 1.40 bits per heavy atom. The number of rotatable bonds is 3. The molecule has 2 aromatic heterocycles. The molecule has 0 radical (unpaired) electrons. The molecule has 0 saturated carbocycles. The number of nitrogens with one attached hydrogen (secondary N) is 1. The molecule has 0 spiro atoms. The van der Waals surface area contributed by atoms with Crippen LogP contribution in [0.3, 0.4) is 0 Å². The van der Waals surface area contributed by atoms with Gasteiger partial charge in [0.05, 0.1) is 6.54 Å². The summed E-state index contributed by atoms with van der Waals surface area (Å²) < 4.78 is 7.10. The van der Waals surface area contributed by atoms with E-state index in [1.165, 1.54) is 0 Å². The minimum Gasteiger partial charge on any atom is -0.359 e. The van der Waals surface area contributed by atoms with Crippen molar-refractivity contribution in [3.8, 4) is 0 Å². The lowest BCUT2D eigenvalue weighted by molar-refractivity contribution is 0.0944. The summed E-state index contributed by atoms with van der Waals surface area (Å²) in [4.78, 5) is 11.3. The molecule has 3 aromatic rings. The first-order valence-electron chi connectivity index (χ1n) is 5.88. The molecule has 0 aliphatic heterocycles. The zero-order chi connectivity index (χ0) is 14.1. The topological polar surface area (TPSA) is 86.1 Å². The number of halogens is 1. The summed E-state index contributed by atoms with van der Waals surface area (Å²) in [6.45, 7) is 0.468. The monoisotopic (exact) mass is 290 g/mol. The number of hydrogen-bond donors (Lipinski definition) is 2. The van der Waals surface area contributed by atoms with Crippen molar-refractivity contribution in [2.75, 3.05) is 0 Å². The Morgan fingerprint density at radius 2 is 2.25 bits per heavy atom. The Bertz CT molecular complexity index is 778. The first kappa shape index (κ1) is 12.7. The van der Waals surface area contributed by atoms with Crippen LogP contribution in [-0.2, 0) is 6.54 Å². The summed E-state index contributed by atoms with van der Waals surface area (Å²) in [5.41, 5.74) is 3.18. The number of nitrogen functional groups attached to an aromatic ring is 1. The fourth-order valence-corrected chi connectivity index (χ4v) is 2.23. The van der Waals surface area contributed by atoms with Crippen molar-refractivity contribution >= 4 is 28.4 Å². The second kappa shape index (κ2) is 4.99. The van der Waals surface area contributed by atoms with Gasteiger partial charge in [0.1, 0.15) is 0 Å². The highest BCUT2D eigenvalue weighted by Crippen LogP contribution is 2.21. The molecule has 20 heavy (non-hydrogen) atoms. The summed E-state index contributed by atoms with van der Waals surface area (Å²) >= 11 is 5.95. The summed E-state index contributed by atoms with van der Waals surface area (Å²) in [5.74, 6) is 5.12. The largest absolute Gasteiger partial charge is 0.359 e. The molecule has 102 valence electrons. The van der Waals surface area contributed by atoms with E-state index < -0.39 is 5.91 Å². The SMILES string of the molecule is NNC(=O)c1cc(Cn2ccc3cc(Cl)ccc32)on1. The van der Waals surface area contributed by atoms with Crippen LogP contribution in [0.2, 0.25) is 5.02 Å². The van der Waals surface area contributed by atoms with E-state index in [0.29, 0.717) is 17.3 Å². The first-order chi connectivity index (χ1) is 9.67. The van der Waals surface area contributed by atoms with E-state index in [0.717, 1.165) is 10.9 Å². The second-order valence-corrected chi connectivity index (χ2v) is 4.74. The molecule has 1 aromatic carbocycles. The maximum Gasteiger partial charge on any atom is 0.287 e. The van der Waals surface area contributed by atoms with Crippen molar-refractivity contribution in [2.24, 2.45) is 5.84 Å². The first-order valence-corrected chi connectivity index (χ1v) is 6.26. The number of hydrogen-bond acceptors (Lipinski definition) is 4. The molecule has 0 aliphatic carbocycles. The van der Waals surface area contributed by atoms with Crippen molar-refractivity contribution in [1.82, 2.24) is 15.1 Å². The predicted octanol–water partition coefficient (Wildman–Crippen LogP) is 1.93. The number of carbonyl (C=O) groups excluding carboxylic acids is 1.